The van der Waals surface area contributed by atoms with Crippen molar-refractivity contribution in [1.29, 1.82) is 0 Å². The van der Waals surface area contributed by atoms with Gasteiger partial charge in [-0.05, 0) is 62.3 Å². The van der Waals surface area contributed by atoms with Gasteiger partial charge in [-0.15, -0.1) is 11.3 Å². The standard InChI is InChI=1S/C27H36N2O4S/c1-7-8-13-33-24-21-15-19(23-10-9-14-34-23)11-12-20(21)25(30)28(16-18(2)3)22(24)17-29(26(31)32)27(4,5)6/h9-12,14-15,18H,7-8,13,16-17H2,1-6H3,(H,31,32). The van der Waals surface area contributed by atoms with Crippen molar-refractivity contribution in [2.24, 2.45) is 5.92 Å². The van der Waals surface area contributed by atoms with Crippen molar-refractivity contribution in [3.8, 4) is 16.2 Å². The van der Waals surface area contributed by atoms with Gasteiger partial charge in [-0.25, -0.2) is 4.79 Å². The predicted octanol–water partition coefficient (Wildman–Crippen LogP) is 6.84. The Morgan fingerprint density at radius 2 is 1.94 bits per heavy atom. The molecule has 0 saturated carbocycles. The molecule has 184 valence electrons. The van der Waals surface area contributed by atoms with Gasteiger partial charge < -0.3 is 14.4 Å². The van der Waals surface area contributed by atoms with Gasteiger partial charge in [0.15, 0.2) is 0 Å². The van der Waals surface area contributed by atoms with Crippen LogP contribution < -0.4 is 10.3 Å². The van der Waals surface area contributed by atoms with E-state index in [9.17, 15) is 14.7 Å². The molecular weight excluding hydrogens is 448 g/mol. The van der Waals surface area contributed by atoms with Crippen LogP contribution in [0.3, 0.4) is 0 Å². The summed E-state index contributed by atoms with van der Waals surface area (Å²) < 4.78 is 8.08. The minimum Gasteiger partial charge on any atom is -0.491 e. The van der Waals surface area contributed by atoms with Crippen LogP contribution in [0, 0.1) is 5.92 Å². The lowest BCUT2D eigenvalue weighted by molar-refractivity contribution is 0.0927. The summed E-state index contributed by atoms with van der Waals surface area (Å²) in [6, 6.07) is 9.91. The second-order valence-electron chi connectivity index (χ2n) is 10.1. The van der Waals surface area contributed by atoms with Crippen LogP contribution in [0.4, 0.5) is 4.79 Å². The third-order valence-corrected chi connectivity index (χ3v) is 6.69. The molecule has 3 rings (SSSR count). The SMILES string of the molecule is CCCCOc1c(CN(C(=O)O)C(C)(C)C)n(CC(C)C)c(=O)c2ccc(-c3cccs3)cc12. The van der Waals surface area contributed by atoms with E-state index in [0.29, 0.717) is 30.0 Å². The quantitative estimate of drug-likeness (QED) is 0.337. The van der Waals surface area contributed by atoms with Crippen molar-refractivity contribution in [2.45, 2.75) is 73.0 Å². The molecule has 0 atom stereocenters. The molecule has 34 heavy (non-hydrogen) atoms. The van der Waals surface area contributed by atoms with Crippen LogP contribution in [-0.4, -0.2) is 32.8 Å². The van der Waals surface area contributed by atoms with Crippen molar-refractivity contribution in [1.82, 2.24) is 9.47 Å². The highest BCUT2D eigenvalue weighted by Gasteiger charge is 2.30. The Bertz CT molecular complexity index is 1190. The van der Waals surface area contributed by atoms with Crippen LogP contribution in [0.15, 0.2) is 40.5 Å². The van der Waals surface area contributed by atoms with Gasteiger partial charge in [-0.1, -0.05) is 39.3 Å². The lowest BCUT2D eigenvalue weighted by Crippen LogP contribution is -2.45. The topological polar surface area (TPSA) is 71.8 Å². The van der Waals surface area contributed by atoms with E-state index in [1.165, 1.54) is 4.90 Å². The zero-order valence-electron chi connectivity index (χ0n) is 21.1. The monoisotopic (exact) mass is 484 g/mol. The second kappa shape index (κ2) is 10.6. The van der Waals surface area contributed by atoms with Gasteiger partial charge in [-0.2, -0.15) is 0 Å². The highest BCUT2D eigenvalue weighted by molar-refractivity contribution is 7.13. The van der Waals surface area contributed by atoms with Gasteiger partial charge in [0, 0.05) is 22.3 Å². The Labute approximate surface area is 205 Å². The molecule has 7 heteroatoms. The molecule has 1 amide bonds. The number of benzene rings is 1. The van der Waals surface area contributed by atoms with E-state index in [4.69, 9.17) is 4.74 Å². The average molecular weight is 485 g/mol. The summed E-state index contributed by atoms with van der Waals surface area (Å²) in [7, 11) is 0. The zero-order chi connectivity index (χ0) is 25.0. The summed E-state index contributed by atoms with van der Waals surface area (Å²) in [5, 5.41) is 13.4. The maximum atomic E-state index is 13.7. The molecule has 1 aromatic carbocycles. The fraction of sp³-hybridized carbons (Fsp3) is 0.481. The van der Waals surface area contributed by atoms with E-state index in [1.54, 1.807) is 15.9 Å². The molecule has 6 nitrogen and oxygen atoms in total. The van der Waals surface area contributed by atoms with Crippen LogP contribution in [0.1, 0.15) is 60.1 Å². The molecule has 2 heterocycles. The Balaban J connectivity index is 2.33. The molecule has 1 N–H and O–H groups in total. The number of hydrogen-bond donors (Lipinski definition) is 1. The predicted molar refractivity (Wildman–Crippen MR) is 140 cm³/mol. The number of rotatable bonds is 9. The number of hydrogen-bond acceptors (Lipinski definition) is 4. The summed E-state index contributed by atoms with van der Waals surface area (Å²) >= 11 is 1.64. The molecule has 0 fully saturated rings. The van der Waals surface area contributed by atoms with Crippen LogP contribution in [-0.2, 0) is 13.1 Å². The number of thiophene rings is 1. The van der Waals surface area contributed by atoms with Gasteiger partial charge in [0.1, 0.15) is 5.75 Å². The Morgan fingerprint density at radius 3 is 2.50 bits per heavy atom. The molecule has 2 aromatic heterocycles. The highest BCUT2D eigenvalue weighted by Crippen LogP contribution is 2.35. The zero-order valence-corrected chi connectivity index (χ0v) is 21.9. The van der Waals surface area contributed by atoms with Crippen LogP contribution in [0.25, 0.3) is 21.2 Å². The number of carbonyl (C=O) groups is 1. The fourth-order valence-corrected chi connectivity index (χ4v) is 4.72. The Morgan fingerprint density at radius 1 is 1.21 bits per heavy atom. The largest absolute Gasteiger partial charge is 0.491 e. The van der Waals surface area contributed by atoms with Crippen molar-refractivity contribution in [2.75, 3.05) is 6.61 Å². The maximum absolute atomic E-state index is 13.7. The first-order valence-corrected chi connectivity index (χ1v) is 12.8. The van der Waals surface area contributed by atoms with Gasteiger partial charge in [0.2, 0.25) is 0 Å². The molecule has 0 saturated heterocycles. The lowest BCUT2D eigenvalue weighted by atomic mass is 10.0. The van der Waals surface area contributed by atoms with E-state index in [1.807, 2.05) is 50.4 Å². The molecule has 0 aliphatic heterocycles. The summed E-state index contributed by atoms with van der Waals surface area (Å²) in [5.41, 5.74) is 0.876. The molecule has 0 radical (unpaired) electrons. The van der Waals surface area contributed by atoms with Gasteiger partial charge in [-0.3, -0.25) is 9.69 Å². The van der Waals surface area contributed by atoms with Crippen molar-refractivity contribution >= 4 is 28.2 Å². The third kappa shape index (κ3) is 5.63. The number of carboxylic acid groups (broad SMARTS) is 1. The summed E-state index contributed by atoms with van der Waals surface area (Å²) in [4.78, 5) is 28.4. The first kappa shape index (κ1) is 25.8. The lowest BCUT2D eigenvalue weighted by Gasteiger charge is -2.34. The first-order chi connectivity index (χ1) is 16.0. The summed E-state index contributed by atoms with van der Waals surface area (Å²) in [6.07, 6.45) is 0.822. The minimum atomic E-state index is -1.03. The number of ether oxygens (including phenoxy) is 1. The average Bonchev–Trinajstić information content (AvgIpc) is 3.29. The van der Waals surface area contributed by atoms with E-state index < -0.39 is 11.6 Å². The Kier molecular flexibility index (Phi) is 8.08. The molecule has 0 aliphatic carbocycles. The molecule has 3 aromatic rings. The normalized spacial score (nSPS) is 11.9. The summed E-state index contributed by atoms with van der Waals surface area (Å²) in [6.45, 7) is 12.8. The highest BCUT2D eigenvalue weighted by atomic mass is 32.1. The van der Waals surface area contributed by atoms with Crippen LogP contribution in [0.2, 0.25) is 0 Å². The second-order valence-corrected chi connectivity index (χ2v) is 11.0. The molecule has 0 aliphatic rings. The number of pyridine rings is 1. The molecule has 0 unspecified atom stereocenters. The number of amides is 1. The maximum Gasteiger partial charge on any atom is 0.408 e. The Hall–Kier alpha value is -2.80. The van der Waals surface area contributed by atoms with Crippen molar-refractivity contribution in [3.05, 3.63) is 51.8 Å². The van der Waals surface area contributed by atoms with E-state index in [-0.39, 0.29) is 18.0 Å². The minimum absolute atomic E-state index is 0.0709. The van der Waals surface area contributed by atoms with Crippen LogP contribution >= 0.6 is 11.3 Å². The van der Waals surface area contributed by atoms with E-state index in [0.717, 1.165) is 28.7 Å². The summed E-state index contributed by atoms with van der Waals surface area (Å²) in [5.74, 6) is 0.813. The van der Waals surface area contributed by atoms with E-state index in [2.05, 4.69) is 26.8 Å². The number of nitrogens with zero attached hydrogens (tertiary/aromatic N) is 2. The van der Waals surface area contributed by atoms with Gasteiger partial charge in [0.05, 0.1) is 24.2 Å². The smallest absolute Gasteiger partial charge is 0.408 e. The molecule has 0 spiro atoms. The molecule has 0 bridgehead atoms. The number of fused-ring (bicyclic) bond motifs is 1. The molecular formula is C27H36N2O4S. The number of unbranched alkanes of at least 4 members (excludes halogenated alkanes) is 1. The van der Waals surface area contributed by atoms with Gasteiger partial charge in [0.25, 0.3) is 5.56 Å². The van der Waals surface area contributed by atoms with Gasteiger partial charge >= 0.3 is 6.09 Å². The van der Waals surface area contributed by atoms with Crippen molar-refractivity contribution in [3.63, 3.8) is 0 Å². The van der Waals surface area contributed by atoms with Crippen LogP contribution in [0.5, 0.6) is 5.75 Å². The fourth-order valence-electron chi connectivity index (χ4n) is 4.00. The van der Waals surface area contributed by atoms with E-state index >= 15 is 0 Å². The third-order valence-electron chi connectivity index (χ3n) is 5.77. The number of aromatic nitrogens is 1. The van der Waals surface area contributed by atoms with Crippen molar-refractivity contribution < 1.29 is 14.6 Å². The first-order valence-electron chi connectivity index (χ1n) is 11.9.